The zero-order chi connectivity index (χ0) is 11.5. The Labute approximate surface area is 92.6 Å². The van der Waals surface area contributed by atoms with Gasteiger partial charge in [-0.2, -0.15) is 0 Å². The highest BCUT2D eigenvalue weighted by Gasteiger charge is 2.30. The first-order valence-corrected chi connectivity index (χ1v) is 5.61. The molecule has 1 atom stereocenters. The Morgan fingerprint density at radius 1 is 1.36 bits per heavy atom. The number of nitrogens with zero attached hydrogens (tertiary/aromatic N) is 1. The lowest BCUT2D eigenvalue weighted by Gasteiger charge is -2.36. The van der Waals surface area contributed by atoms with Gasteiger partial charge in [-0.15, -0.1) is 11.6 Å². The van der Waals surface area contributed by atoms with Crippen molar-refractivity contribution in [2.24, 2.45) is 11.8 Å². The van der Waals surface area contributed by atoms with E-state index in [0.29, 0.717) is 11.8 Å². The van der Waals surface area contributed by atoms with Gasteiger partial charge in [-0.1, -0.05) is 20.8 Å². The van der Waals surface area contributed by atoms with Crippen molar-refractivity contribution < 1.29 is 4.79 Å². The van der Waals surface area contributed by atoms with Crippen molar-refractivity contribution in [2.45, 2.75) is 40.2 Å². The number of carbonyl (C=O) groups excluding carboxylic acids is 1. The van der Waals surface area contributed by atoms with Crippen molar-refractivity contribution >= 4 is 17.5 Å². The summed E-state index contributed by atoms with van der Waals surface area (Å²) in [6, 6.07) is 0. The van der Waals surface area contributed by atoms with Gasteiger partial charge in [-0.25, -0.2) is 0 Å². The summed E-state index contributed by atoms with van der Waals surface area (Å²) in [6.45, 7) is 10.0. The average Bonchev–Trinajstić information content (AvgIpc) is 2.14. The zero-order valence-corrected chi connectivity index (χ0v) is 10.9. The fourth-order valence-corrected chi connectivity index (χ4v) is 1.16. The second kappa shape index (κ2) is 5.01. The van der Waals surface area contributed by atoms with Crippen LogP contribution in [0.4, 0.5) is 0 Å². The summed E-state index contributed by atoms with van der Waals surface area (Å²) >= 11 is 5.82. The molecule has 84 valence electrons. The van der Waals surface area contributed by atoms with Crippen LogP contribution in [0.2, 0.25) is 0 Å². The SMILES string of the molecule is CC(C)C(C)C(=O)N(C)C(C)(C)CCl. The molecule has 0 aliphatic carbocycles. The van der Waals surface area contributed by atoms with E-state index < -0.39 is 0 Å². The molecule has 0 aromatic rings. The van der Waals surface area contributed by atoms with Crippen molar-refractivity contribution in [3.63, 3.8) is 0 Å². The van der Waals surface area contributed by atoms with Crippen molar-refractivity contribution in [3.05, 3.63) is 0 Å². The van der Waals surface area contributed by atoms with E-state index >= 15 is 0 Å². The van der Waals surface area contributed by atoms with Gasteiger partial charge in [0.05, 0.1) is 5.54 Å². The van der Waals surface area contributed by atoms with E-state index in [-0.39, 0.29) is 17.4 Å². The molecule has 0 saturated carbocycles. The molecule has 0 fully saturated rings. The van der Waals surface area contributed by atoms with Gasteiger partial charge < -0.3 is 4.90 Å². The molecule has 0 bridgehead atoms. The molecule has 0 aliphatic heterocycles. The topological polar surface area (TPSA) is 20.3 Å². The summed E-state index contributed by atoms with van der Waals surface area (Å²) in [7, 11) is 1.82. The van der Waals surface area contributed by atoms with E-state index in [4.69, 9.17) is 11.6 Å². The van der Waals surface area contributed by atoms with Crippen LogP contribution in [-0.4, -0.2) is 29.3 Å². The molecule has 0 aliphatic rings. The van der Waals surface area contributed by atoms with Crippen LogP contribution in [0.5, 0.6) is 0 Å². The fourth-order valence-electron chi connectivity index (χ4n) is 0.979. The Morgan fingerprint density at radius 3 is 2.07 bits per heavy atom. The van der Waals surface area contributed by atoms with Crippen molar-refractivity contribution in [1.29, 1.82) is 0 Å². The lowest BCUT2D eigenvalue weighted by Crippen LogP contribution is -2.49. The average molecular weight is 220 g/mol. The lowest BCUT2D eigenvalue weighted by molar-refractivity contribution is -0.139. The highest BCUT2D eigenvalue weighted by Crippen LogP contribution is 2.20. The monoisotopic (exact) mass is 219 g/mol. The second-order valence-corrected chi connectivity index (χ2v) is 5.14. The smallest absolute Gasteiger partial charge is 0.225 e. The minimum absolute atomic E-state index is 0.0579. The van der Waals surface area contributed by atoms with Crippen LogP contribution in [0.3, 0.4) is 0 Å². The van der Waals surface area contributed by atoms with E-state index in [2.05, 4.69) is 13.8 Å². The number of rotatable bonds is 4. The fraction of sp³-hybridized carbons (Fsp3) is 0.909. The summed E-state index contributed by atoms with van der Waals surface area (Å²) in [5.74, 6) is 1.06. The molecule has 3 heteroatoms. The third kappa shape index (κ3) is 3.16. The van der Waals surface area contributed by atoms with Crippen molar-refractivity contribution in [3.8, 4) is 0 Å². The van der Waals surface area contributed by atoms with E-state index in [0.717, 1.165) is 0 Å². The first-order chi connectivity index (χ1) is 6.24. The summed E-state index contributed by atoms with van der Waals surface area (Å²) in [5, 5.41) is 0. The van der Waals surface area contributed by atoms with E-state index in [1.165, 1.54) is 0 Å². The number of amides is 1. The van der Waals surface area contributed by atoms with Gasteiger partial charge >= 0.3 is 0 Å². The maximum atomic E-state index is 12.0. The quantitative estimate of drug-likeness (QED) is 0.666. The van der Waals surface area contributed by atoms with Crippen LogP contribution in [0.25, 0.3) is 0 Å². The second-order valence-electron chi connectivity index (χ2n) is 4.88. The number of hydrogen-bond acceptors (Lipinski definition) is 1. The van der Waals surface area contributed by atoms with Gasteiger partial charge in [0.2, 0.25) is 5.91 Å². The molecule has 0 heterocycles. The van der Waals surface area contributed by atoms with E-state index in [1.807, 2.05) is 27.8 Å². The van der Waals surface area contributed by atoms with Crippen LogP contribution < -0.4 is 0 Å². The van der Waals surface area contributed by atoms with Gasteiger partial charge in [0.1, 0.15) is 0 Å². The van der Waals surface area contributed by atoms with Crippen LogP contribution >= 0.6 is 11.6 Å². The molecule has 1 amide bonds. The molecule has 14 heavy (non-hydrogen) atoms. The lowest BCUT2D eigenvalue weighted by atomic mass is 9.94. The third-order valence-electron chi connectivity index (χ3n) is 2.96. The Bertz CT molecular complexity index is 201. The molecule has 1 unspecified atom stereocenters. The van der Waals surface area contributed by atoms with E-state index in [9.17, 15) is 4.79 Å². The van der Waals surface area contributed by atoms with Gasteiger partial charge in [0, 0.05) is 18.8 Å². The Kier molecular flexibility index (Phi) is 4.93. The number of hydrogen-bond donors (Lipinski definition) is 0. The van der Waals surface area contributed by atoms with Crippen molar-refractivity contribution in [2.75, 3.05) is 12.9 Å². The summed E-state index contributed by atoms with van der Waals surface area (Å²) in [4.78, 5) is 13.7. The predicted octanol–water partition coefficient (Wildman–Crippen LogP) is 2.75. The standard InChI is InChI=1S/C11H22ClNO/c1-8(2)9(3)10(14)13(6)11(4,5)7-12/h8-9H,7H2,1-6H3. The first-order valence-electron chi connectivity index (χ1n) is 5.07. The van der Waals surface area contributed by atoms with Gasteiger partial charge in [-0.3, -0.25) is 4.79 Å². The third-order valence-corrected chi connectivity index (χ3v) is 3.61. The highest BCUT2D eigenvalue weighted by atomic mass is 35.5. The van der Waals surface area contributed by atoms with Crippen LogP contribution in [-0.2, 0) is 4.79 Å². The molecule has 0 aromatic carbocycles. The maximum absolute atomic E-state index is 12.0. The van der Waals surface area contributed by atoms with Crippen LogP contribution in [0, 0.1) is 11.8 Å². The van der Waals surface area contributed by atoms with Gasteiger partial charge in [-0.05, 0) is 19.8 Å². The number of alkyl halides is 1. The molecule has 0 rings (SSSR count). The predicted molar refractivity (Wildman–Crippen MR) is 61.6 cm³/mol. The molecular weight excluding hydrogens is 198 g/mol. The molecule has 0 N–H and O–H groups in total. The summed E-state index contributed by atoms with van der Waals surface area (Å²) in [5.41, 5.74) is -0.262. The Morgan fingerprint density at radius 2 is 1.79 bits per heavy atom. The maximum Gasteiger partial charge on any atom is 0.225 e. The molecule has 0 saturated heterocycles. The van der Waals surface area contributed by atoms with Crippen molar-refractivity contribution in [1.82, 2.24) is 4.90 Å². The summed E-state index contributed by atoms with van der Waals surface area (Å²) in [6.07, 6.45) is 0. The van der Waals surface area contributed by atoms with Gasteiger partial charge in [0.25, 0.3) is 0 Å². The van der Waals surface area contributed by atoms with Crippen LogP contribution in [0.15, 0.2) is 0 Å². The highest BCUT2D eigenvalue weighted by molar-refractivity contribution is 6.18. The van der Waals surface area contributed by atoms with Gasteiger partial charge in [0.15, 0.2) is 0 Å². The molecule has 0 aromatic heterocycles. The molecular formula is C11H22ClNO. The minimum atomic E-state index is -0.262. The van der Waals surface area contributed by atoms with Crippen LogP contribution in [0.1, 0.15) is 34.6 Å². The largest absolute Gasteiger partial charge is 0.339 e. The molecule has 2 nitrogen and oxygen atoms in total. The Balaban J connectivity index is 4.55. The zero-order valence-electron chi connectivity index (χ0n) is 10.1. The van der Waals surface area contributed by atoms with E-state index in [1.54, 1.807) is 4.90 Å². The Hall–Kier alpha value is -0.240. The summed E-state index contributed by atoms with van der Waals surface area (Å²) < 4.78 is 0. The molecule has 0 spiro atoms. The number of halogens is 1. The first kappa shape index (κ1) is 13.8. The normalized spacial score (nSPS) is 14.3. The minimum Gasteiger partial charge on any atom is -0.339 e. The number of carbonyl (C=O) groups is 1. The molecule has 0 radical (unpaired) electrons.